The van der Waals surface area contributed by atoms with E-state index in [4.69, 9.17) is 9.84 Å². The molecule has 17 heavy (non-hydrogen) atoms. The summed E-state index contributed by atoms with van der Waals surface area (Å²) in [6.45, 7) is 8.61. The number of rotatable bonds is 7. The average molecular weight is 240 g/mol. The third kappa shape index (κ3) is 5.90. The highest BCUT2D eigenvalue weighted by molar-refractivity contribution is 5.88. The lowest BCUT2D eigenvalue weighted by Crippen LogP contribution is -2.11. The highest BCUT2D eigenvalue weighted by atomic mass is 16.5. The highest BCUT2D eigenvalue weighted by Gasteiger charge is 2.12. The summed E-state index contributed by atoms with van der Waals surface area (Å²) in [6.07, 6.45) is 2.48. The van der Waals surface area contributed by atoms with Crippen molar-refractivity contribution in [1.82, 2.24) is 0 Å². The molecule has 0 aliphatic carbocycles. The van der Waals surface area contributed by atoms with Gasteiger partial charge in [0.05, 0.1) is 0 Å². The van der Waals surface area contributed by atoms with Crippen molar-refractivity contribution < 1.29 is 19.4 Å². The van der Waals surface area contributed by atoms with Gasteiger partial charge in [-0.2, -0.15) is 0 Å². The van der Waals surface area contributed by atoms with Crippen LogP contribution in [-0.4, -0.2) is 23.7 Å². The number of hydrogen-bond acceptors (Lipinski definition) is 3. The first kappa shape index (κ1) is 15.4. The normalized spacial score (nSPS) is 11.7. The second-order valence-electron chi connectivity index (χ2n) is 3.99. The summed E-state index contributed by atoms with van der Waals surface area (Å²) in [7, 11) is 0. The molecule has 0 rings (SSSR count). The first-order valence-corrected chi connectivity index (χ1v) is 5.64. The van der Waals surface area contributed by atoms with E-state index in [1.54, 1.807) is 6.92 Å². The Morgan fingerprint density at radius 1 is 1.29 bits per heavy atom. The molecule has 0 amide bonds. The summed E-state index contributed by atoms with van der Waals surface area (Å²) in [5, 5.41) is 8.91. The maximum atomic E-state index is 11.2. The SMILES string of the molecule is C=C(C)C(=O)OCC(CCCC)=C(C)C(=O)O. The van der Waals surface area contributed by atoms with Crippen molar-refractivity contribution in [3.63, 3.8) is 0 Å². The number of carboxylic acids is 1. The Balaban J connectivity index is 4.61. The van der Waals surface area contributed by atoms with Crippen LogP contribution in [0, 0.1) is 0 Å². The van der Waals surface area contributed by atoms with Gasteiger partial charge in [0, 0.05) is 11.1 Å². The summed E-state index contributed by atoms with van der Waals surface area (Å²) in [5.74, 6) is -1.46. The average Bonchev–Trinajstić information content (AvgIpc) is 2.27. The van der Waals surface area contributed by atoms with Crippen LogP contribution in [0.5, 0.6) is 0 Å². The van der Waals surface area contributed by atoms with E-state index >= 15 is 0 Å². The minimum atomic E-state index is -0.970. The first-order valence-electron chi connectivity index (χ1n) is 5.64. The molecule has 4 heteroatoms. The fraction of sp³-hybridized carbons (Fsp3) is 0.538. The Morgan fingerprint density at radius 2 is 1.88 bits per heavy atom. The molecule has 0 fully saturated rings. The lowest BCUT2D eigenvalue weighted by atomic mass is 10.0. The van der Waals surface area contributed by atoms with Gasteiger partial charge in [-0.25, -0.2) is 9.59 Å². The number of aliphatic carboxylic acids is 1. The molecule has 0 saturated heterocycles. The number of carbonyl (C=O) groups excluding carboxylic acids is 1. The summed E-state index contributed by atoms with van der Waals surface area (Å²) < 4.78 is 4.97. The van der Waals surface area contributed by atoms with Gasteiger partial charge in [-0.05, 0) is 32.3 Å². The Morgan fingerprint density at radius 3 is 2.29 bits per heavy atom. The zero-order chi connectivity index (χ0) is 13.4. The standard InChI is InChI=1S/C13H20O4/c1-5-6-7-11(10(4)12(14)15)8-17-13(16)9(2)3/h2,5-8H2,1,3-4H3,(H,14,15). The van der Waals surface area contributed by atoms with Gasteiger partial charge in [0.15, 0.2) is 0 Å². The van der Waals surface area contributed by atoms with Crippen LogP contribution in [0.15, 0.2) is 23.3 Å². The molecule has 0 aromatic rings. The van der Waals surface area contributed by atoms with Gasteiger partial charge < -0.3 is 9.84 Å². The van der Waals surface area contributed by atoms with Crippen LogP contribution in [-0.2, 0) is 14.3 Å². The van der Waals surface area contributed by atoms with E-state index in [2.05, 4.69) is 6.58 Å². The number of esters is 1. The zero-order valence-corrected chi connectivity index (χ0v) is 10.7. The van der Waals surface area contributed by atoms with Crippen LogP contribution in [0.2, 0.25) is 0 Å². The highest BCUT2D eigenvalue weighted by Crippen LogP contribution is 2.14. The topological polar surface area (TPSA) is 63.6 Å². The Bertz CT molecular complexity index is 339. The molecule has 96 valence electrons. The van der Waals surface area contributed by atoms with Crippen LogP contribution in [0.3, 0.4) is 0 Å². The number of ether oxygens (including phenoxy) is 1. The Hall–Kier alpha value is -1.58. The molecule has 0 aliphatic rings. The second-order valence-corrected chi connectivity index (χ2v) is 3.99. The molecular weight excluding hydrogens is 220 g/mol. The maximum absolute atomic E-state index is 11.2. The largest absolute Gasteiger partial charge is 0.478 e. The minimum Gasteiger partial charge on any atom is -0.478 e. The monoisotopic (exact) mass is 240 g/mol. The van der Waals surface area contributed by atoms with Crippen LogP contribution in [0.25, 0.3) is 0 Å². The summed E-state index contributed by atoms with van der Waals surface area (Å²) in [5.41, 5.74) is 1.23. The van der Waals surface area contributed by atoms with Crippen LogP contribution >= 0.6 is 0 Å². The van der Waals surface area contributed by atoms with E-state index in [0.29, 0.717) is 17.6 Å². The molecule has 0 saturated carbocycles. The molecule has 0 aromatic heterocycles. The van der Waals surface area contributed by atoms with E-state index in [9.17, 15) is 9.59 Å². The van der Waals surface area contributed by atoms with Crippen LogP contribution in [0.1, 0.15) is 40.0 Å². The lowest BCUT2D eigenvalue weighted by Gasteiger charge is -2.10. The van der Waals surface area contributed by atoms with E-state index in [1.807, 2.05) is 6.92 Å². The van der Waals surface area contributed by atoms with E-state index in [-0.39, 0.29) is 12.2 Å². The number of unbranched alkanes of at least 4 members (excludes halogenated alkanes) is 1. The molecule has 0 aromatic carbocycles. The maximum Gasteiger partial charge on any atom is 0.333 e. The Kier molecular flexibility index (Phi) is 6.94. The molecule has 4 nitrogen and oxygen atoms in total. The van der Waals surface area contributed by atoms with Crippen molar-refractivity contribution in [3.8, 4) is 0 Å². The third-order valence-corrected chi connectivity index (χ3v) is 2.41. The van der Waals surface area contributed by atoms with E-state index in [1.165, 1.54) is 6.92 Å². The molecule has 0 radical (unpaired) electrons. The Labute approximate surface area is 102 Å². The van der Waals surface area contributed by atoms with Crippen LogP contribution < -0.4 is 0 Å². The first-order chi connectivity index (χ1) is 7.90. The fourth-order valence-electron chi connectivity index (χ4n) is 1.19. The van der Waals surface area contributed by atoms with Gasteiger partial charge >= 0.3 is 11.9 Å². The predicted molar refractivity (Wildman–Crippen MR) is 65.6 cm³/mol. The minimum absolute atomic E-state index is 0.0316. The molecule has 0 bridgehead atoms. The predicted octanol–water partition coefficient (Wildman–Crippen LogP) is 2.70. The smallest absolute Gasteiger partial charge is 0.333 e. The molecule has 1 N–H and O–H groups in total. The van der Waals surface area contributed by atoms with Gasteiger partial charge in [-0.3, -0.25) is 0 Å². The second kappa shape index (κ2) is 7.65. The molecule has 0 unspecified atom stereocenters. The zero-order valence-electron chi connectivity index (χ0n) is 10.7. The lowest BCUT2D eigenvalue weighted by molar-refractivity contribution is -0.138. The number of carboxylic acid groups (broad SMARTS) is 1. The summed E-state index contributed by atoms with van der Waals surface area (Å²) >= 11 is 0. The number of hydrogen-bond donors (Lipinski definition) is 1. The van der Waals surface area contributed by atoms with Gasteiger partial charge in [0.2, 0.25) is 0 Å². The molecule has 0 heterocycles. The molecule has 0 aliphatic heterocycles. The molecular formula is C13H20O4. The van der Waals surface area contributed by atoms with Gasteiger partial charge in [-0.1, -0.05) is 19.9 Å². The third-order valence-electron chi connectivity index (χ3n) is 2.41. The van der Waals surface area contributed by atoms with E-state index in [0.717, 1.165) is 12.8 Å². The van der Waals surface area contributed by atoms with Crippen LogP contribution in [0.4, 0.5) is 0 Å². The van der Waals surface area contributed by atoms with E-state index < -0.39 is 11.9 Å². The van der Waals surface area contributed by atoms with Gasteiger partial charge in [-0.15, -0.1) is 0 Å². The fourth-order valence-corrected chi connectivity index (χ4v) is 1.19. The van der Waals surface area contributed by atoms with Gasteiger partial charge in [0.1, 0.15) is 6.61 Å². The summed E-state index contributed by atoms with van der Waals surface area (Å²) in [4.78, 5) is 22.1. The van der Waals surface area contributed by atoms with Crippen molar-refractivity contribution in [2.45, 2.75) is 40.0 Å². The van der Waals surface area contributed by atoms with Crippen molar-refractivity contribution in [2.24, 2.45) is 0 Å². The van der Waals surface area contributed by atoms with Gasteiger partial charge in [0.25, 0.3) is 0 Å². The molecule has 0 spiro atoms. The van der Waals surface area contributed by atoms with Crippen molar-refractivity contribution in [1.29, 1.82) is 0 Å². The summed E-state index contributed by atoms with van der Waals surface area (Å²) in [6, 6.07) is 0. The number of carbonyl (C=O) groups is 2. The van der Waals surface area contributed by atoms with Crippen molar-refractivity contribution >= 4 is 11.9 Å². The quantitative estimate of drug-likeness (QED) is 0.549. The molecule has 0 atom stereocenters. The van der Waals surface area contributed by atoms with Crippen molar-refractivity contribution in [3.05, 3.63) is 23.3 Å². The van der Waals surface area contributed by atoms with Crippen molar-refractivity contribution in [2.75, 3.05) is 6.61 Å².